The van der Waals surface area contributed by atoms with E-state index in [0.717, 1.165) is 44.0 Å². The Labute approximate surface area is 171 Å². The number of pyridine rings is 2. The number of carbonyl (C=O) groups is 1. The number of carbonyl (C=O) groups excluding carboxylic acids is 1. The van der Waals surface area contributed by atoms with Gasteiger partial charge in [0.25, 0.3) is 5.91 Å². The Bertz CT molecular complexity index is 910. The smallest absolute Gasteiger partial charge is 0.255 e. The maximum Gasteiger partial charge on any atom is 0.255 e. The highest BCUT2D eigenvalue weighted by Crippen LogP contribution is 2.21. The lowest BCUT2D eigenvalue weighted by molar-refractivity contribution is 0.0662. The molecule has 0 radical (unpaired) electrons. The van der Waals surface area contributed by atoms with Crippen LogP contribution in [0.4, 0.5) is 5.82 Å². The van der Waals surface area contributed by atoms with Crippen LogP contribution in [0.5, 0.6) is 0 Å². The molecule has 4 rings (SSSR count). The molecule has 1 atom stereocenters. The molecule has 0 aromatic carbocycles. The highest BCUT2D eigenvalue weighted by molar-refractivity contribution is 5.94. The number of piperidine rings is 1. The number of nitrogens with zero attached hydrogens (tertiary/aromatic N) is 6. The first-order chi connectivity index (χ1) is 14.2. The molecule has 29 heavy (non-hydrogen) atoms. The minimum Gasteiger partial charge on any atom is -0.354 e. The largest absolute Gasteiger partial charge is 0.354 e. The van der Waals surface area contributed by atoms with Crippen molar-refractivity contribution in [2.24, 2.45) is 5.92 Å². The van der Waals surface area contributed by atoms with Gasteiger partial charge in [-0.3, -0.25) is 9.78 Å². The standard InChI is InChI=1S/C22H26N6O/c1-26(16-20-6-2-3-9-24-20)21-8-7-19(13-25-21)22(29)28-11-4-5-18(15-28)14-27-12-10-23-17-27/h2-3,6-10,12-13,17-18H,4-5,11,14-16H2,1H3/t18-/m1/s1. The normalized spacial score (nSPS) is 16.6. The van der Waals surface area contributed by atoms with Crippen molar-refractivity contribution in [3.05, 3.63) is 72.7 Å². The lowest BCUT2D eigenvalue weighted by Crippen LogP contribution is -2.41. The summed E-state index contributed by atoms with van der Waals surface area (Å²) in [6.45, 7) is 3.15. The van der Waals surface area contributed by atoms with Crippen LogP contribution in [0.3, 0.4) is 0 Å². The van der Waals surface area contributed by atoms with Crippen LogP contribution in [0.25, 0.3) is 0 Å². The van der Waals surface area contributed by atoms with E-state index in [2.05, 4.69) is 19.5 Å². The summed E-state index contributed by atoms with van der Waals surface area (Å²) in [6, 6.07) is 9.65. The first-order valence-electron chi connectivity index (χ1n) is 10.0. The highest BCUT2D eigenvalue weighted by Gasteiger charge is 2.25. The topological polar surface area (TPSA) is 67.2 Å². The summed E-state index contributed by atoms with van der Waals surface area (Å²) in [4.78, 5) is 29.9. The molecule has 3 aromatic rings. The summed E-state index contributed by atoms with van der Waals surface area (Å²) >= 11 is 0. The van der Waals surface area contributed by atoms with Gasteiger partial charge in [0, 0.05) is 51.5 Å². The zero-order valence-corrected chi connectivity index (χ0v) is 16.7. The number of amides is 1. The van der Waals surface area contributed by atoms with Gasteiger partial charge in [-0.15, -0.1) is 0 Å². The molecule has 1 aliphatic heterocycles. The number of imidazole rings is 1. The third kappa shape index (κ3) is 4.80. The lowest BCUT2D eigenvalue weighted by Gasteiger charge is -2.33. The van der Waals surface area contributed by atoms with Gasteiger partial charge in [0.05, 0.1) is 24.1 Å². The molecule has 0 bridgehead atoms. The van der Waals surface area contributed by atoms with Crippen molar-refractivity contribution in [2.75, 3.05) is 25.0 Å². The average molecular weight is 390 g/mol. The number of hydrogen-bond donors (Lipinski definition) is 0. The van der Waals surface area contributed by atoms with Crippen molar-refractivity contribution in [2.45, 2.75) is 25.9 Å². The molecule has 7 nitrogen and oxygen atoms in total. The molecule has 0 spiro atoms. The van der Waals surface area contributed by atoms with Gasteiger partial charge in [-0.1, -0.05) is 6.07 Å². The van der Waals surface area contributed by atoms with Crippen molar-refractivity contribution in [1.29, 1.82) is 0 Å². The molecule has 3 aromatic heterocycles. The fourth-order valence-electron chi connectivity index (χ4n) is 3.83. The van der Waals surface area contributed by atoms with Crippen LogP contribution >= 0.6 is 0 Å². The summed E-state index contributed by atoms with van der Waals surface area (Å²) in [7, 11) is 1.98. The van der Waals surface area contributed by atoms with Crippen LogP contribution in [0.2, 0.25) is 0 Å². The van der Waals surface area contributed by atoms with E-state index < -0.39 is 0 Å². The number of hydrogen-bond acceptors (Lipinski definition) is 5. The summed E-state index contributed by atoms with van der Waals surface area (Å²) < 4.78 is 2.09. The maximum atomic E-state index is 13.0. The number of rotatable bonds is 6. The second-order valence-corrected chi connectivity index (χ2v) is 7.60. The molecule has 7 heteroatoms. The Morgan fingerprint density at radius 2 is 2.14 bits per heavy atom. The number of anilines is 1. The Kier molecular flexibility index (Phi) is 5.84. The van der Waals surface area contributed by atoms with Gasteiger partial charge in [0.2, 0.25) is 0 Å². The first kappa shape index (κ1) is 19.1. The Hall–Kier alpha value is -3.22. The SMILES string of the molecule is CN(Cc1ccccn1)c1ccc(C(=O)N2CCC[C@H](Cn3ccnc3)C2)cn1. The van der Waals surface area contributed by atoms with Gasteiger partial charge < -0.3 is 14.4 Å². The molecular formula is C22H26N6O. The van der Waals surface area contributed by atoms with Crippen LogP contribution < -0.4 is 4.90 Å². The molecule has 1 saturated heterocycles. The van der Waals surface area contributed by atoms with Gasteiger partial charge in [-0.25, -0.2) is 9.97 Å². The molecular weight excluding hydrogens is 364 g/mol. The van der Waals surface area contributed by atoms with E-state index in [1.165, 1.54) is 0 Å². The lowest BCUT2D eigenvalue weighted by atomic mass is 9.97. The van der Waals surface area contributed by atoms with Crippen LogP contribution in [0, 0.1) is 5.92 Å². The fourth-order valence-corrected chi connectivity index (χ4v) is 3.83. The van der Waals surface area contributed by atoms with Crippen molar-refractivity contribution in [3.63, 3.8) is 0 Å². The zero-order chi connectivity index (χ0) is 20.1. The van der Waals surface area contributed by atoms with Crippen molar-refractivity contribution >= 4 is 11.7 Å². The van der Waals surface area contributed by atoms with Crippen molar-refractivity contribution in [3.8, 4) is 0 Å². The van der Waals surface area contributed by atoms with Crippen LogP contribution in [-0.2, 0) is 13.1 Å². The third-order valence-corrected chi connectivity index (χ3v) is 5.35. The van der Waals surface area contributed by atoms with Gasteiger partial charge in [0.15, 0.2) is 0 Å². The van der Waals surface area contributed by atoms with Crippen molar-refractivity contribution in [1.82, 2.24) is 24.4 Å². The van der Waals surface area contributed by atoms with E-state index in [0.29, 0.717) is 18.0 Å². The Balaban J connectivity index is 1.37. The predicted octanol–water partition coefficient (Wildman–Crippen LogP) is 2.86. The molecule has 0 aliphatic carbocycles. The van der Waals surface area contributed by atoms with E-state index in [1.807, 2.05) is 59.7 Å². The molecule has 1 aliphatic rings. The Morgan fingerprint density at radius 3 is 2.86 bits per heavy atom. The summed E-state index contributed by atoms with van der Waals surface area (Å²) in [6.07, 6.45) is 11.3. The van der Waals surface area contributed by atoms with Crippen LogP contribution in [0.15, 0.2) is 61.4 Å². The Morgan fingerprint density at radius 1 is 1.21 bits per heavy atom. The van der Waals surface area contributed by atoms with E-state index in [4.69, 9.17) is 0 Å². The number of likely N-dealkylation sites (tertiary alicyclic amines) is 1. The van der Waals surface area contributed by atoms with Gasteiger partial charge in [-0.2, -0.15) is 0 Å². The van der Waals surface area contributed by atoms with E-state index >= 15 is 0 Å². The number of aromatic nitrogens is 4. The van der Waals surface area contributed by atoms with Gasteiger partial charge >= 0.3 is 0 Å². The summed E-state index contributed by atoms with van der Waals surface area (Å²) in [5.41, 5.74) is 1.62. The predicted molar refractivity (Wildman–Crippen MR) is 111 cm³/mol. The monoisotopic (exact) mass is 390 g/mol. The molecule has 0 N–H and O–H groups in total. The second-order valence-electron chi connectivity index (χ2n) is 7.60. The maximum absolute atomic E-state index is 13.0. The summed E-state index contributed by atoms with van der Waals surface area (Å²) in [5, 5.41) is 0. The fraction of sp³-hybridized carbons (Fsp3) is 0.364. The second kappa shape index (κ2) is 8.86. The van der Waals surface area contributed by atoms with Crippen molar-refractivity contribution < 1.29 is 4.79 Å². The highest BCUT2D eigenvalue weighted by atomic mass is 16.2. The molecule has 0 saturated carbocycles. The van der Waals surface area contributed by atoms with Crippen LogP contribution in [-0.4, -0.2) is 50.5 Å². The van der Waals surface area contributed by atoms with E-state index in [9.17, 15) is 4.79 Å². The quantitative estimate of drug-likeness (QED) is 0.647. The minimum atomic E-state index is 0.0618. The van der Waals surface area contributed by atoms with Crippen LogP contribution in [0.1, 0.15) is 28.9 Å². The molecule has 0 unspecified atom stereocenters. The van der Waals surface area contributed by atoms with Gasteiger partial charge in [-0.05, 0) is 43.0 Å². The molecule has 4 heterocycles. The molecule has 1 amide bonds. The first-order valence-corrected chi connectivity index (χ1v) is 10.0. The third-order valence-electron chi connectivity index (χ3n) is 5.35. The van der Waals surface area contributed by atoms with Gasteiger partial charge in [0.1, 0.15) is 5.82 Å². The molecule has 1 fully saturated rings. The zero-order valence-electron chi connectivity index (χ0n) is 16.7. The average Bonchev–Trinajstić information content (AvgIpc) is 3.27. The summed E-state index contributed by atoms with van der Waals surface area (Å²) in [5.74, 6) is 1.34. The van der Waals surface area contributed by atoms with E-state index in [1.54, 1.807) is 18.6 Å². The van der Waals surface area contributed by atoms with E-state index in [-0.39, 0.29) is 5.91 Å². The minimum absolute atomic E-state index is 0.0618. The molecule has 150 valence electrons.